The van der Waals surface area contributed by atoms with Crippen LogP contribution in [-0.4, -0.2) is 27.8 Å². The van der Waals surface area contributed by atoms with Gasteiger partial charge in [0.15, 0.2) is 10.8 Å². The molecule has 2 rings (SSSR count). The summed E-state index contributed by atoms with van der Waals surface area (Å²) in [6, 6.07) is 5.18. The Kier molecular flexibility index (Phi) is 5.97. The molecule has 2 aromatic heterocycles. The van der Waals surface area contributed by atoms with E-state index in [0.717, 1.165) is 0 Å². The predicted octanol–water partition coefficient (Wildman–Crippen LogP) is 3.40. The maximum absolute atomic E-state index is 12.1. The monoisotopic (exact) mass is 395 g/mol. The number of rotatable bonds is 6. The van der Waals surface area contributed by atoms with Crippen molar-refractivity contribution < 1.29 is 18.7 Å². The smallest absolute Gasteiger partial charge is 0.331 e. The summed E-state index contributed by atoms with van der Waals surface area (Å²) in [7, 11) is 0. The number of ether oxygens (including phenoxy) is 1. The SMILES string of the molecule is CC(C)n1nccc1NC(=O)[C@@H](C)OC(=O)/C=C/c1ccc(Br)o1. The fourth-order valence-electron chi connectivity index (χ4n) is 1.89. The van der Waals surface area contributed by atoms with E-state index in [0.29, 0.717) is 16.2 Å². The Morgan fingerprint density at radius 1 is 1.33 bits per heavy atom. The summed E-state index contributed by atoms with van der Waals surface area (Å²) in [4.78, 5) is 23.9. The van der Waals surface area contributed by atoms with Crippen LogP contribution in [0.1, 0.15) is 32.6 Å². The summed E-state index contributed by atoms with van der Waals surface area (Å²) >= 11 is 3.17. The molecule has 0 saturated heterocycles. The van der Waals surface area contributed by atoms with Gasteiger partial charge in [-0.3, -0.25) is 4.79 Å². The number of anilines is 1. The standard InChI is InChI=1S/C16H18BrN3O4/c1-10(2)20-14(8-9-18-20)19-16(22)11(3)23-15(21)7-5-12-4-6-13(17)24-12/h4-11H,1-3H3,(H,19,22)/b7-5+/t11-/m1/s1. The van der Waals surface area contributed by atoms with E-state index >= 15 is 0 Å². The molecule has 0 aliphatic heterocycles. The van der Waals surface area contributed by atoms with Crippen molar-refractivity contribution in [2.75, 3.05) is 5.32 Å². The van der Waals surface area contributed by atoms with Crippen molar-refractivity contribution in [1.82, 2.24) is 9.78 Å². The van der Waals surface area contributed by atoms with Crippen LogP contribution < -0.4 is 5.32 Å². The molecule has 128 valence electrons. The van der Waals surface area contributed by atoms with Crippen molar-refractivity contribution in [1.29, 1.82) is 0 Å². The van der Waals surface area contributed by atoms with Gasteiger partial charge in [-0.25, -0.2) is 9.48 Å². The molecule has 0 aliphatic rings. The molecular weight excluding hydrogens is 378 g/mol. The van der Waals surface area contributed by atoms with E-state index in [4.69, 9.17) is 9.15 Å². The Bertz CT molecular complexity index is 748. The number of aromatic nitrogens is 2. The number of carbonyl (C=O) groups excluding carboxylic acids is 2. The highest BCUT2D eigenvalue weighted by molar-refractivity contribution is 9.10. The van der Waals surface area contributed by atoms with Crippen molar-refractivity contribution in [2.45, 2.75) is 32.9 Å². The van der Waals surface area contributed by atoms with Crippen LogP contribution in [0.15, 0.2) is 39.6 Å². The highest BCUT2D eigenvalue weighted by Gasteiger charge is 2.18. The van der Waals surface area contributed by atoms with Gasteiger partial charge in [0.25, 0.3) is 5.91 Å². The van der Waals surface area contributed by atoms with E-state index in [1.54, 1.807) is 29.1 Å². The third-order valence-corrected chi connectivity index (χ3v) is 3.48. The topological polar surface area (TPSA) is 86.4 Å². The van der Waals surface area contributed by atoms with Gasteiger partial charge >= 0.3 is 5.97 Å². The lowest BCUT2D eigenvalue weighted by atomic mass is 10.3. The van der Waals surface area contributed by atoms with Gasteiger partial charge in [-0.2, -0.15) is 5.10 Å². The summed E-state index contributed by atoms with van der Waals surface area (Å²) in [6.45, 7) is 5.40. The second kappa shape index (κ2) is 7.96. The van der Waals surface area contributed by atoms with Gasteiger partial charge in [0.05, 0.1) is 6.20 Å². The Balaban J connectivity index is 1.90. The number of halogens is 1. The van der Waals surface area contributed by atoms with Gasteiger partial charge in [-0.1, -0.05) is 0 Å². The first kappa shape index (κ1) is 18.0. The molecule has 7 nitrogen and oxygen atoms in total. The molecule has 0 aromatic carbocycles. The zero-order chi connectivity index (χ0) is 17.7. The number of carbonyl (C=O) groups is 2. The van der Waals surface area contributed by atoms with Crippen molar-refractivity contribution in [3.8, 4) is 0 Å². The zero-order valence-electron chi connectivity index (χ0n) is 13.5. The van der Waals surface area contributed by atoms with E-state index in [1.165, 1.54) is 19.1 Å². The minimum Gasteiger partial charge on any atom is -0.450 e. The number of hydrogen-bond donors (Lipinski definition) is 1. The Morgan fingerprint density at radius 2 is 2.08 bits per heavy atom. The largest absolute Gasteiger partial charge is 0.450 e. The van der Waals surface area contributed by atoms with Crippen LogP contribution in [0.5, 0.6) is 0 Å². The van der Waals surface area contributed by atoms with E-state index in [1.807, 2.05) is 13.8 Å². The van der Waals surface area contributed by atoms with Crippen molar-refractivity contribution in [2.24, 2.45) is 0 Å². The van der Waals surface area contributed by atoms with Gasteiger partial charge in [0.2, 0.25) is 0 Å². The summed E-state index contributed by atoms with van der Waals surface area (Å²) < 4.78 is 12.5. The summed E-state index contributed by atoms with van der Waals surface area (Å²) in [5, 5.41) is 6.81. The van der Waals surface area contributed by atoms with E-state index in [9.17, 15) is 9.59 Å². The van der Waals surface area contributed by atoms with Gasteiger partial charge < -0.3 is 14.5 Å². The lowest BCUT2D eigenvalue weighted by Gasteiger charge is -2.15. The van der Waals surface area contributed by atoms with E-state index in [-0.39, 0.29) is 6.04 Å². The Labute approximate surface area is 147 Å². The highest BCUT2D eigenvalue weighted by atomic mass is 79.9. The van der Waals surface area contributed by atoms with Gasteiger partial charge in [0.1, 0.15) is 11.6 Å². The number of esters is 1. The second-order valence-electron chi connectivity index (χ2n) is 5.30. The number of nitrogens with zero attached hydrogens (tertiary/aromatic N) is 2. The average molecular weight is 396 g/mol. The summed E-state index contributed by atoms with van der Waals surface area (Å²) in [5.41, 5.74) is 0. The molecule has 0 spiro atoms. The molecule has 0 unspecified atom stereocenters. The van der Waals surface area contributed by atoms with E-state index in [2.05, 4.69) is 26.3 Å². The number of furan rings is 1. The maximum atomic E-state index is 12.1. The third kappa shape index (κ3) is 4.82. The summed E-state index contributed by atoms with van der Waals surface area (Å²) in [6.07, 6.45) is 3.32. The molecule has 0 radical (unpaired) electrons. The third-order valence-electron chi connectivity index (χ3n) is 3.05. The molecule has 1 atom stereocenters. The molecule has 2 heterocycles. The fourth-order valence-corrected chi connectivity index (χ4v) is 2.21. The predicted molar refractivity (Wildman–Crippen MR) is 92.2 cm³/mol. The summed E-state index contributed by atoms with van der Waals surface area (Å²) in [5.74, 6) is -0.0203. The molecule has 1 N–H and O–H groups in total. The van der Waals surface area contributed by atoms with Crippen LogP contribution in [0.2, 0.25) is 0 Å². The Hall–Kier alpha value is -2.35. The average Bonchev–Trinajstić information content (AvgIpc) is 3.14. The maximum Gasteiger partial charge on any atom is 0.331 e. The molecule has 0 bridgehead atoms. The second-order valence-corrected chi connectivity index (χ2v) is 6.08. The lowest BCUT2D eigenvalue weighted by Crippen LogP contribution is -2.30. The molecule has 2 aromatic rings. The molecule has 8 heteroatoms. The van der Waals surface area contributed by atoms with Crippen molar-refractivity contribution in [3.63, 3.8) is 0 Å². The molecular formula is C16H18BrN3O4. The number of hydrogen-bond acceptors (Lipinski definition) is 5. The van der Waals surface area contributed by atoms with Crippen molar-refractivity contribution in [3.05, 3.63) is 40.9 Å². The first-order chi connectivity index (χ1) is 11.4. The molecule has 24 heavy (non-hydrogen) atoms. The number of amides is 1. The molecule has 0 aliphatic carbocycles. The molecule has 0 saturated carbocycles. The van der Waals surface area contributed by atoms with Gasteiger partial charge in [0, 0.05) is 18.2 Å². The van der Waals surface area contributed by atoms with Crippen LogP contribution in [0.4, 0.5) is 5.82 Å². The molecule has 1 amide bonds. The zero-order valence-corrected chi connectivity index (χ0v) is 15.1. The minimum atomic E-state index is -0.944. The van der Waals surface area contributed by atoms with Crippen LogP contribution >= 0.6 is 15.9 Å². The number of nitrogens with one attached hydrogen (secondary N) is 1. The molecule has 0 fully saturated rings. The first-order valence-corrected chi connectivity index (χ1v) is 8.14. The van der Waals surface area contributed by atoms with Crippen LogP contribution in [0.25, 0.3) is 6.08 Å². The van der Waals surface area contributed by atoms with Crippen molar-refractivity contribution >= 4 is 39.7 Å². The highest BCUT2D eigenvalue weighted by Crippen LogP contribution is 2.15. The van der Waals surface area contributed by atoms with Crippen LogP contribution in [0.3, 0.4) is 0 Å². The lowest BCUT2D eigenvalue weighted by molar-refractivity contribution is -0.148. The Morgan fingerprint density at radius 3 is 2.71 bits per heavy atom. The fraction of sp³-hybridized carbons (Fsp3) is 0.312. The first-order valence-electron chi connectivity index (χ1n) is 7.35. The van der Waals surface area contributed by atoms with Crippen LogP contribution in [0, 0.1) is 0 Å². The van der Waals surface area contributed by atoms with Gasteiger partial charge in [-0.05, 0) is 54.9 Å². The minimum absolute atomic E-state index is 0.101. The quantitative estimate of drug-likeness (QED) is 0.598. The normalized spacial score (nSPS) is 12.5. The van der Waals surface area contributed by atoms with Gasteiger partial charge in [-0.15, -0.1) is 0 Å². The van der Waals surface area contributed by atoms with E-state index < -0.39 is 18.0 Å². The van der Waals surface area contributed by atoms with Crippen LogP contribution in [-0.2, 0) is 14.3 Å².